The summed E-state index contributed by atoms with van der Waals surface area (Å²) in [4.78, 5) is 11.5. The second kappa shape index (κ2) is 5.50. The Morgan fingerprint density at radius 3 is 2.82 bits per heavy atom. The lowest BCUT2D eigenvalue weighted by Gasteiger charge is -2.00. The van der Waals surface area contributed by atoms with Gasteiger partial charge in [-0.1, -0.05) is 52.3 Å². The fourth-order valence-electron chi connectivity index (χ4n) is 1.80. The first-order valence-electron chi connectivity index (χ1n) is 5.81. The van der Waals surface area contributed by atoms with Gasteiger partial charge in [0.1, 0.15) is 0 Å². The molecule has 1 saturated carbocycles. The van der Waals surface area contributed by atoms with Crippen molar-refractivity contribution in [3.63, 3.8) is 0 Å². The molecule has 2 nitrogen and oxygen atoms in total. The minimum Gasteiger partial charge on any atom is -0.466 e. The maximum absolute atomic E-state index is 11.5. The van der Waals surface area contributed by atoms with Crippen LogP contribution in [-0.4, -0.2) is 12.6 Å². The van der Waals surface area contributed by atoms with Crippen molar-refractivity contribution < 1.29 is 9.53 Å². The molecule has 0 aromatic heterocycles. The fourth-order valence-corrected chi connectivity index (χ4v) is 2.40. The highest BCUT2D eigenvalue weighted by atomic mass is 79.9. The lowest BCUT2D eigenvalue weighted by atomic mass is 10.2. The number of hydrogen-bond donors (Lipinski definition) is 0. The molecule has 2 atom stereocenters. The molecule has 1 fully saturated rings. The summed E-state index contributed by atoms with van der Waals surface area (Å²) in [6.07, 6.45) is 3.01. The van der Waals surface area contributed by atoms with Gasteiger partial charge in [-0.25, -0.2) is 0 Å². The smallest absolute Gasteiger partial charge is 0.309 e. The molecular formula is C14H15BrO2. The summed E-state index contributed by atoms with van der Waals surface area (Å²) in [5.74, 6) is 0.317. The number of rotatable bonds is 4. The molecule has 0 aliphatic heterocycles. The highest BCUT2D eigenvalue weighted by Gasteiger charge is 2.42. The molecule has 3 heteroatoms. The van der Waals surface area contributed by atoms with Gasteiger partial charge in [-0.05, 0) is 24.8 Å². The highest BCUT2D eigenvalue weighted by molar-refractivity contribution is 9.15. The van der Waals surface area contributed by atoms with Crippen molar-refractivity contribution in [3.8, 4) is 0 Å². The van der Waals surface area contributed by atoms with Gasteiger partial charge in [-0.2, -0.15) is 0 Å². The number of esters is 1. The molecule has 1 aromatic carbocycles. The van der Waals surface area contributed by atoms with Gasteiger partial charge in [0.2, 0.25) is 0 Å². The molecule has 0 N–H and O–H groups in total. The molecular weight excluding hydrogens is 280 g/mol. The van der Waals surface area contributed by atoms with Crippen LogP contribution >= 0.6 is 15.9 Å². The van der Waals surface area contributed by atoms with E-state index in [1.165, 1.54) is 0 Å². The molecule has 0 spiro atoms. The Hall–Kier alpha value is -1.09. The maximum atomic E-state index is 11.5. The van der Waals surface area contributed by atoms with Gasteiger partial charge in [0.25, 0.3) is 0 Å². The van der Waals surface area contributed by atoms with Crippen LogP contribution in [0.2, 0.25) is 0 Å². The predicted molar refractivity (Wildman–Crippen MR) is 71.6 cm³/mol. The van der Waals surface area contributed by atoms with E-state index in [-0.39, 0.29) is 11.9 Å². The van der Waals surface area contributed by atoms with Crippen LogP contribution in [0, 0.1) is 11.8 Å². The zero-order valence-electron chi connectivity index (χ0n) is 9.73. The molecule has 1 aliphatic carbocycles. The maximum Gasteiger partial charge on any atom is 0.309 e. The van der Waals surface area contributed by atoms with Crippen LogP contribution in [-0.2, 0) is 9.53 Å². The van der Waals surface area contributed by atoms with Gasteiger partial charge < -0.3 is 4.74 Å². The van der Waals surface area contributed by atoms with E-state index in [4.69, 9.17) is 4.74 Å². The summed E-state index contributed by atoms with van der Waals surface area (Å²) in [5.41, 5.74) is 1.14. The average molecular weight is 295 g/mol. The lowest BCUT2D eigenvalue weighted by molar-refractivity contribution is -0.144. The Kier molecular flexibility index (Phi) is 4.00. The topological polar surface area (TPSA) is 26.3 Å². The zero-order valence-corrected chi connectivity index (χ0v) is 11.3. The summed E-state index contributed by atoms with van der Waals surface area (Å²) in [7, 11) is 0. The standard InChI is InChI=1S/C14H15BrO2/c1-2-17-14(16)12-8-11(12)9-13(15)10-6-4-3-5-7-10/h3-7,9,11-12H,2,8H2,1H3/b13-9-/t11-,12+/m1/s1. The Labute approximate surface area is 110 Å². The first-order chi connectivity index (χ1) is 8.22. The van der Waals surface area contributed by atoms with E-state index in [0.29, 0.717) is 12.5 Å². The van der Waals surface area contributed by atoms with Gasteiger partial charge in [-0.3, -0.25) is 4.79 Å². The Balaban J connectivity index is 1.97. The van der Waals surface area contributed by atoms with Gasteiger partial charge >= 0.3 is 5.97 Å². The average Bonchev–Trinajstić information content (AvgIpc) is 3.10. The Morgan fingerprint density at radius 2 is 2.18 bits per heavy atom. The van der Waals surface area contributed by atoms with Crippen molar-refractivity contribution in [1.82, 2.24) is 0 Å². The fraction of sp³-hybridized carbons (Fsp3) is 0.357. The molecule has 2 rings (SSSR count). The first-order valence-corrected chi connectivity index (χ1v) is 6.61. The lowest BCUT2D eigenvalue weighted by Crippen LogP contribution is -2.06. The first kappa shape index (κ1) is 12.4. The number of benzene rings is 1. The van der Waals surface area contributed by atoms with Crippen LogP contribution in [0.15, 0.2) is 36.4 Å². The quantitative estimate of drug-likeness (QED) is 0.793. The van der Waals surface area contributed by atoms with Crippen LogP contribution in [0.1, 0.15) is 18.9 Å². The molecule has 0 amide bonds. The number of ether oxygens (including phenoxy) is 1. The summed E-state index contributed by atoms with van der Waals surface area (Å²) >= 11 is 3.55. The molecule has 1 aromatic rings. The van der Waals surface area contributed by atoms with Crippen molar-refractivity contribution in [2.24, 2.45) is 11.8 Å². The molecule has 17 heavy (non-hydrogen) atoms. The van der Waals surface area contributed by atoms with Gasteiger partial charge in [0.15, 0.2) is 0 Å². The van der Waals surface area contributed by atoms with Crippen LogP contribution < -0.4 is 0 Å². The highest BCUT2D eigenvalue weighted by Crippen LogP contribution is 2.43. The molecule has 0 radical (unpaired) electrons. The number of carbonyl (C=O) groups excluding carboxylic acids is 1. The van der Waals surface area contributed by atoms with Gasteiger partial charge in [0.05, 0.1) is 12.5 Å². The minimum absolute atomic E-state index is 0.0613. The van der Waals surface area contributed by atoms with E-state index in [1.807, 2.05) is 37.3 Å². The molecule has 0 saturated heterocycles. The number of hydrogen-bond acceptors (Lipinski definition) is 2. The SMILES string of the molecule is CCOC(=O)[C@H]1C[C@@H]1/C=C(\Br)c1ccccc1. The van der Waals surface area contributed by atoms with Crippen LogP contribution in [0.4, 0.5) is 0 Å². The van der Waals surface area contributed by atoms with E-state index in [0.717, 1.165) is 16.5 Å². The van der Waals surface area contributed by atoms with Crippen molar-refractivity contribution in [2.45, 2.75) is 13.3 Å². The molecule has 0 bridgehead atoms. The van der Waals surface area contributed by atoms with E-state index < -0.39 is 0 Å². The molecule has 1 aliphatic rings. The minimum atomic E-state index is -0.0675. The van der Waals surface area contributed by atoms with Crippen LogP contribution in [0.3, 0.4) is 0 Å². The summed E-state index contributed by atoms with van der Waals surface area (Å²) in [5, 5.41) is 0. The van der Waals surface area contributed by atoms with Crippen molar-refractivity contribution in [2.75, 3.05) is 6.61 Å². The Bertz CT molecular complexity index is 425. The third kappa shape index (κ3) is 3.19. The second-order valence-corrected chi connectivity index (χ2v) is 4.99. The number of allylic oxidation sites excluding steroid dienone is 1. The summed E-state index contributed by atoms with van der Waals surface area (Å²) in [6, 6.07) is 10.1. The summed E-state index contributed by atoms with van der Waals surface area (Å²) < 4.78 is 6.05. The van der Waals surface area contributed by atoms with Gasteiger partial charge in [0, 0.05) is 4.48 Å². The predicted octanol–water partition coefficient (Wildman–Crippen LogP) is 3.62. The second-order valence-electron chi connectivity index (χ2n) is 4.14. The van der Waals surface area contributed by atoms with Crippen molar-refractivity contribution >= 4 is 26.4 Å². The van der Waals surface area contributed by atoms with Crippen molar-refractivity contribution in [1.29, 1.82) is 0 Å². The van der Waals surface area contributed by atoms with E-state index in [2.05, 4.69) is 22.0 Å². The van der Waals surface area contributed by atoms with Gasteiger partial charge in [-0.15, -0.1) is 0 Å². The summed E-state index contributed by atoms with van der Waals surface area (Å²) in [6.45, 7) is 2.30. The number of carbonyl (C=O) groups is 1. The third-order valence-electron chi connectivity index (χ3n) is 2.84. The largest absolute Gasteiger partial charge is 0.466 e. The van der Waals surface area contributed by atoms with Crippen LogP contribution in [0.25, 0.3) is 4.48 Å². The van der Waals surface area contributed by atoms with Crippen molar-refractivity contribution in [3.05, 3.63) is 42.0 Å². The Morgan fingerprint density at radius 1 is 1.47 bits per heavy atom. The normalized spacial score (nSPS) is 23.3. The zero-order chi connectivity index (χ0) is 12.3. The van der Waals surface area contributed by atoms with Crippen LogP contribution in [0.5, 0.6) is 0 Å². The number of halogens is 1. The molecule has 90 valence electrons. The van der Waals surface area contributed by atoms with E-state index >= 15 is 0 Å². The monoisotopic (exact) mass is 294 g/mol. The molecule has 0 heterocycles. The third-order valence-corrected chi connectivity index (χ3v) is 3.56. The molecule has 0 unspecified atom stereocenters. The van der Waals surface area contributed by atoms with E-state index in [1.54, 1.807) is 0 Å². The van der Waals surface area contributed by atoms with E-state index in [9.17, 15) is 4.79 Å².